The van der Waals surface area contributed by atoms with Gasteiger partial charge in [-0.05, 0) is 0 Å². The molecule has 0 atom stereocenters. The molecule has 18 heavy (non-hydrogen) atoms. The van der Waals surface area contributed by atoms with E-state index in [1.807, 2.05) is 0 Å². The molecule has 0 unspecified atom stereocenters. The zero-order valence-electron chi connectivity index (χ0n) is 10.5. The average molecular weight is 293 g/mol. The molecule has 0 aromatic carbocycles. The Bertz CT molecular complexity index is 525. The summed E-state index contributed by atoms with van der Waals surface area (Å²) in [6, 6.07) is -0.390. The Morgan fingerprint density at radius 1 is 1.33 bits per heavy atom. The van der Waals surface area contributed by atoms with Crippen LogP contribution in [0.4, 0.5) is 9.93 Å². The summed E-state index contributed by atoms with van der Waals surface area (Å²) in [5.41, 5.74) is 0. The highest BCUT2D eigenvalue weighted by atomic mass is 32.2. The van der Waals surface area contributed by atoms with Crippen molar-refractivity contribution >= 4 is 32.5 Å². The second kappa shape index (κ2) is 5.59. The Hall–Kier alpha value is -1.26. The van der Waals surface area contributed by atoms with Gasteiger partial charge in [-0.1, -0.05) is 18.3 Å². The minimum atomic E-state index is -3.61. The van der Waals surface area contributed by atoms with Crippen molar-refractivity contribution in [3.8, 4) is 0 Å². The quantitative estimate of drug-likeness (QED) is 0.804. The van der Waals surface area contributed by atoms with E-state index in [-0.39, 0.29) is 15.5 Å². The second-order valence-electron chi connectivity index (χ2n) is 3.62. The van der Waals surface area contributed by atoms with Gasteiger partial charge < -0.3 is 4.90 Å². The topological polar surface area (TPSA) is 95.5 Å². The van der Waals surface area contributed by atoms with Crippen LogP contribution in [0.2, 0.25) is 0 Å². The van der Waals surface area contributed by atoms with E-state index >= 15 is 0 Å². The fraction of sp³-hybridized carbons (Fsp3) is 0.625. The van der Waals surface area contributed by atoms with E-state index in [0.717, 1.165) is 15.6 Å². The summed E-state index contributed by atoms with van der Waals surface area (Å²) in [7, 11) is 0.979. The number of carbonyl (C=O) groups is 1. The van der Waals surface area contributed by atoms with Crippen molar-refractivity contribution < 1.29 is 13.2 Å². The molecule has 10 heteroatoms. The van der Waals surface area contributed by atoms with Gasteiger partial charge in [0.05, 0.1) is 0 Å². The van der Waals surface area contributed by atoms with Crippen LogP contribution < -0.4 is 5.32 Å². The van der Waals surface area contributed by atoms with E-state index in [2.05, 4.69) is 15.5 Å². The Labute approximate surface area is 110 Å². The fourth-order valence-corrected chi connectivity index (χ4v) is 3.13. The first-order chi connectivity index (χ1) is 8.28. The van der Waals surface area contributed by atoms with Gasteiger partial charge in [-0.3, -0.25) is 5.32 Å². The standard InChI is InChI=1S/C8H15N5O3S2/c1-5-13(4)18(15,16)8-11-10-6(17-8)9-7(14)12(2)3/h5H2,1-4H3,(H,9,10,14). The number of rotatable bonds is 4. The molecule has 0 aliphatic heterocycles. The first-order valence-corrected chi connectivity index (χ1v) is 7.32. The number of urea groups is 1. The Balaban J connectivity index is 2.91. The van der Waals surface area contributed by atoms with Crippen molar-refractivity contribution in [2.75, 3.05) is 33.0 Å². The maximum absolute atomic E-state index is 11.9. The fourth-order valence-electron chi connectivity index (χ4n) is 0.871. The molecule has 0 aliphatic carbocycles. The molecule has 0 aliphatic rings. The van der Waals surface area contributed by atoms with Crippen molar-refractivity contribution in [2.24, 2.45) is 0 Å². The summed E-state index contributed by atoms with van der Waals surface area (Å²) in [6.45, 7) is 2.05. The number of amides is 2. The largest absolute Gasteiger partial charge is 0.331 e. The Kier molecular flexibility index (Phi) is 4.59. The molecule has 0 bridgehead atoms. The van der Waals surface area contributed by atoms with Crippen LogP contribution in [0.15, 0.2) is 4.34 Å². The third-order valence-corrected chi connectivity index (χ3v) is 5.22. The molecule has 8 nitrogen and oxygen atoms in total. The highest BCUT2D eigenvalue weighted by Gasteiger charge is 2.24. The second-order valence-corrected chi connectivity index (χ2v) is 6.81. The number of nitrogens with one attached hydrogen (secondary N) is 1. The zero-order valence-corrected chi connectivity index (χ0v) is 12.2. The number of hydrogen-bond acceptors (Lipinski definition) is 6. The molecule has 1 aromatic heterocycles. The van der Waals surface area contributed by atoms with Gasteiger partial charge in [0.1, 0.15) is 0 Å². The molecule has 0 radical (unpaired) electrons. The number of aromatic nitrogens is 2. The van der Waals surface area contributed by atoms with Crippen LogP contribution in [0.3, 0.4) is 0 Å². The molecule has 0 saturated heterocycles. The maximum Gasteiger partial charge on any atom is 0.323 e. The van der Waals surface area contributed by atoms with Crippen molar-refractivity contribution in [1.29, 1.82) is 0 Å². The molecular weight excluding hydrogens is 278 g/mol. The number of carbonyl (C=O) groups excluding carboxylic acids is 1. The van der Waals surface area contributed by atoms with Crippen molar-refractivity contribution in [2.45, 2.75) is 11.3 Å². The first-order valence-electron chi connectivity index (χ1n) is 5.07. The van der Waals surface area contributed by atoms with Crippen LogP contribution in [0.1, 0.15) is 6.92 Å². The third kappa shape index (κ3) is 3.15. The van der Waals surface area contributed by atoms with Gasteiger partial charge in [-0.15, -0.1) is 10.2 Å². The van der Waals surface area contributed by atoms with Crippen molar-refractivity contribution in [1.82, 2.24) is 19.4 Å². The van der Waals surface area contributed by atoms with Gasteiger partial charge >= 0.3 is 6.03 Å². The smallest absolute Gasteiger partial charge is 0.323 e. The molecule has 1 rings (SSSR count). The van der Waals surface area contributed by atoms with E-state index in [1.165, 1.54) is 11.9 Å². The predicted octanol–water partition coefficient (Wildman–Crippen LogP) is 0.272. The lowest BCUT2D eigenvalue weighted by molar-refractivity contribution is 0.230. The molecule has 102 valence electrons. The van der Waals surface area contributed by atoms with Crippen LogP contribution in [-0.4, -0.2) is 61.5 Å². The Morgan fingerprint density at radius 3 is 2.44 bits per heavy atom. The number of anilines is 1. The highest BCUT2D eigenvalue weighted by Crippen LogP contribution is 2.22. The van der Waals surface area contributed by atoms with Gasteiger partial charge in [0.25, 0.3) is 10.0 Å². The predicted molar refractivity (Wildman–Crippen MR) is 68.1 cm³/mol. The van der Waals surface area contributed by atoms with E-state index < -0.39 is 10.0 Å². The highest BCUT2D eigenvalue weighted by molar-refractivity contribution is 7.91. The van der Waals surface area contributed by atoms with Gasteiger partial charge in [0.15, 0.2) is 0 Å². The maximum atomic E-state index is 11.9. The summed E-state index contributed by atoms with van der Waals surface area (Å²) >= 11 is 0.819. The van der Waals surface area contributed by atoms with E-state index in [9.17, 15) is 13.2 Å². The number of hydrogen-bond donors (Lipinski definition) is 1. The minimum Gasteiger partial charge on any atom is -0.331 e. The first kappa shape index (κ1) is 14.8. The van der Waals surface area contributed by atoms with E-state index in [4.69, 9.17) is 0 Å². The third-order valence-electron chi connectivity index (χ3n) is 2.10. The minimum absolute atomic E-state index is 0.138. The molecule has 0 fully saturated rings. The SMILES string of the molecule is CCN(C)S(=O)(=O)c1nnc(NC(=O)N(C)C)s1. The normalized spacial score (nSPS) is 11.6. The average Bonchev–Trinajstić information content (AvgIpc) is 2.76. The summed E-state index contributed by atoms with van der Waals surface area (Å²) in [5, 5.41) is 9.79. The molecule has 0 saturated carbocycles. The molecule has 2 amide bonds. The van der Waals surface area contributed by atoms with Crippen LogP contribution in [-0.2, 0) is 10.0 Å². The van der Waals surface area contributed by atoms with E-state index in [1.54, 1.807) is 21.0 Å². The summed E-state index contributed by atoms with van der Waals surface area (Å²) in [4.78, 5) is 12.7. The summed E-state index contributed by atoms with van der Waals surface area (Å²) < 4.78 is 24.8. The lowest BCUT2D eigenvalue weighted by Crippen LogP contribution is -2.27. The van der Waals surface area contributed by atoms with Gasteiger partial charge in [-0.2, -0.15) is 4.31 Å². The number of sulfonamides is 1. The Morgan fingerprint density at radius 2 is 1.94 bits per heavy atom. The summed E-state index contributed by atoms with van der Waals surface area (Å²) in [5.74, 6) is 0. The number of nitrogens with zero attached hydrogens (tertiary/aromatic N) is 4. The molecule has 0 spiro atoms. The summed E-state index contributed by atoms with van der Waals surface area (Å²) in [6.07, 6.45) is 0. The van der Waals surface area contributed by atoms with Crippen LogP contribution in [0.25, 0.3) is 0 Å². The molecule has 1 N–H and O–H groups in total. The van der Waals surface area contributed by atoms with Gasteiger partial charge in [-0.25, -0.2) is 13.2 Å². The van der Waals surface area contributed by atoms with Crippen LogP contribution >= 0.6 is 11.3 Å². The molecule has 1 aromatic rings. The van der Waals surface area contributed by atoms with E-state index in [0.29, 0.717) is 6.54 Å². The van der Waals surface area contributed by atoms with Crippen molar-refractivity contribution in [3.63, 3.8) is 0 Å². The lowest BCUT2D eigenvalue weighted by atomic mass is 10.8. The van der Waals surface area contributed by atoms with Gasteiger partial charge in [0.2, 0.25) is 9.47 Å². The van der Waals surface area contributed by atoms with Gasteiger partial charge in [0, 0.05) is 27.7 Å². The monoisotopic (exact) mass is 293 g/mol. The zero-order chi connectivity index (χ0) is 13.9. The van der Waals surface area contributed by atoms with Crippen LogP contribution in [0.5, 0.6) is 0 Å². The molecular formula is C8H15N5O3S2. The van der Waals surface area contributed by atoms with Crippen LogP contribution in [0, 0.1) is 0 Å². The molecule has 1 heterocycles. The lowest BCUT2D eigenvalue weighted by Gasteiger charge is -2.11. The van der Waals surface area contributed by atoms with Crippen molar-refractivity contribution in [3.05, 3.63) is 0 Å².